The number of aliphatic hydroxyl groups excluding tert-OH is 1. The van der Waals surface area contributed by atoms with Crippen molar-refractivity contribution in [1.82, 2.24) is 14.9 Å². The zero-order valence-electron chi connectivity index (χ0n) is 13.0. The normalized spacial score (nSPS) is 23.3. The number of likely N-dealkylation sites (N-methyl/N-ethyl adjacent to an activating group) is 1. The maximum absolute atomic E-state index is 12.5. The average Bonchev–Trinajstić information content (AvgIpc) is 2.70. The Kier molecular flexibility index (Phi) is 4.39. The zero-order valence-corrected chi connectivity index (χ0v) is 13.8. The first kappa shape index (κ1) is 16.6. The van der Waals surface area contributed by atoms with Gasteiger partial charge in [-0.3, -0.25) is 4.79 Å². The van der Waals surface area contributed by atoms with Crippen LogP contribution in [0.15, 0.2) is 6.20 Å². The zero-order chi connectivity index (χ0) is 16.7. The molecule has 22 heavy (non-hydrogen) atoms. The number of aliphatic hydroxyl groups is 1. The summed E-state index contributed by atoms with van der Waals surface area (Å²) in [6, 6.07) is -0.745. The van der Waals surface area contributed by atoms with Crippen molar-refractivity contribution in [3.8, 4) is 0 Å². The number of carbonyl (C=O) groups excluding carboxylic acids is 1. The molecule has 1 aliphatic rings. The lowest BCUT2D eigenvalue weighted by atomic mass is 10.1. The molecule has 1 saturated heterocycles. The number of rotatable bonds is 3. The van der Waals surface area contributed by atoms with Gasteiger partial charge in [-0.25, -0.2) is 18.4 Å². The van der Waals surface area contributed by atoms with Crippen LogP contribution in [-0.2, 0) is 9.84 Å². The van der Waals surface area contributed by atoms with Crippen LogP contribution in [0.1, 0.15) is 16.1 Å². The van der Waals surface area contributed by atoms with Crippen molar-refractivity contribution >= 4 is 21.7 Å². The predicted molar refractivity (Wildman–Crippen MR) is 81.6 cm³/mol. The molecule has 122 valence electrons. The van der Waals surface area contributed by atoms with Crippen LogP contribution in [0.3, 0.4) is 0 Å². The highest BCUT2D eigenvalue weighted by Crippen LogP contribution is 2.20. The minimum atomic E-state index is -3.32. The molecule has 1 aliphatic heterocycles. The van der Waals surface area contributed by atoms with Gasteiger partial charge in [-0.15, -0.1) is 0 Å². The van der Waals surface area contributed by atoms with Crippen LogP contribution in [0, 0.1) is 6.92 Å². The molecule has 0 aliphatic carbocycles. The van der Waals surface area contributed by atoms with Crippen molar-refractivity contribution in [1.29, 1.82) is 0 Å². The van der Waals surface area contributed by atoms with Gasteiger partial charge in [0.25, 0.3) is 5.91 Å². The van der Waals surface area contributed by atoms with Crippen molar-refractivity contribution in [2.45, 2.75) is 19.1 Å². The molecule has 8 nitrogen and oxygen atoms in total. The van der Waals surface area contributed by atoms with Gasteiger partial charge < -0.3 is 14.9 Å². The molecule has 1 amide bonds. The van der Waals surface area contributed by atoms with E-state index in [9.17, 15) is 18.3 Å². The van der Waals surface area contributed by atoms with E-state index in [0.29, 0.717) is 17.2 Å². The standard InChI is InChI=1S/C13H20N4O4S/c1-8-9(5-14-13(15-8)16(2)3)12(19)17(4)10-6-22(20,21)7-11(10)18/h5,10-11,18H,6-7H2,1-4H3/t10-,11-/m1/s1. The van der Waals surface area contributed by atoms with Crippen LogP contribution < -0.4 is 4.90 Å². The first-order valence-corrected chi connectivity index (χ1v) is 8.61. The Morgan fingerprint density at radius 2 is 1.95 bits per heavy atom. The fraction of sp³-hybridized carbons (Fsp3) is 0.615. The number of sulfone groups is 1. The molecule has 1 N–H and O–H groups in total. The molecular formula is C13H20N4O4S. The maximum Gasteiger partial charge on any atom is 0.257 e. The van der Waals surface area contributed by atoms with Gasteiger partial charge >= 0.3 is 0 Å². The van der Waals surface area contributed by atoms with Gasteiger partial charge in [-0.05, 0) is 6.92 Å². The van der Waals surface area contributed by atoms with Crippen molar-refractivity contribution in [3.05, 3.63) is 17.5 Å². The summed E-state index contributed by atoms with van der Waals surface area (Å²) in [6.07, 6.45) is 0.355. The summed E-state index contributed by atoms with van der Waals surface area (Å²) in [7, 11) is 1.75. The molecule has 9 heteroatoms. The van der Waals surface area contributed by atoms with Crippen LogP contribution in [0.4, 0.5) is 5.95 Å². The van der Waals surface area contributed by atoms with E-state index in [1.807, 2.05) is 0 Å². The number of aromatic nitrogens is 2. The number of nitrogens with zero attached hydrogens (tertiary/aromatic N) is 4. The van der Waals surface area contributed by atoms with Crippen molar-refractivity contribution < 1.29 is 18.3 Å². The molecule has 2 rings (SSSR count). The summed E-state index contributed by atoms with van der Waals surface area (Å²) < 4.78 is 23.1. The van der Waals surface area contributed by atoms with Crippen LogP contribution in [0.25, 0.3) is 0 Å². The van der Waals surface area contributed by atoms with E-state index < -0.39 is 27.9 Å². The van der Waals surface area contributed by atoms with Crippen molar-refractivity contribution in [2.75, 3.05) is 37.5 Å². The molecule has 0 aromatic carbocycles. The highest BCUT2D eigenvalue weighted by molar-refractivity contribution is 7.91. The molecule has 0 saturated carbocycles. The van der Waals surface area contributed by atoms with Gasteiger partial charge in [0.05, 0.1) is 34.9 Å². The third-order valence-corrected chi connectivity index (χ3v) is 5.41. The number of anilines is 1. The molecule has 2 heterocycles. The number of hydrogen-bond acceptors (Lipinski definition) is 7. The second-order valence-corrected chi connectivity index (χ2v) is 7.84. The first-order chi connectivity index (χ1) is 10.1. The van der Waals surface area contributed by atoms with Gasteiger partial charge in [0.15, 0.2) is 9.84 Å². The Bertz CT molecular complexity index is 689. The van der Waals surface area contributed by atoms with Gasteiger partial charge in [0.1, 0.15) is 0 Å². The summed E-state index contributed by atoms with van der Waals surface area (Å²) in [6.45, 7) is 1.69. The van der Waals surface area contributed by atoms with Crippen LogP contribution in [0.5, 0.6) is 0 Å². The Hall–Kier alpha value is -1.74. The number of hydrogen-bond donors (Lipinski definition) is 1. The second-order valence-electron chi connectivity index (χ2n) is 5.69. The molecule has 0 spiro atoms. The van der Waals surface area contributed by atoms with E-state index in [1.165, 1.54) is 18.1 Å². The van der Waals surface area contributed by atoms with Crippen LogP contribution in [-0.4, -0.2) is 79.1 Å². The summed E-state index contributed by atoms with van der Waals surface area (Å²) in [5.41, 5.74) is 0.801. The smallest absolute Gasteiger partial charge is 0.257 e. The predicted octanol–water partition coefficient (Wildman–Crippen LogP) is -0.919. The minimum absolute atomic E-state index is 0.230. The number of amides is 1. The molecule has 0 unspecified atom stereocenters. The number of aryl methyl sites for hydroxylation is 1. The third-order valence-electron chi connectivity index (χ3n) is 3.71. The van der Waals surface area contributed by atoms with Crippen LogP contribution in [0.2, 0.25) is 0 Å². The fourth-order valence-corrected chi connectivity index (χ4v) is 4.25. The quantitative estimate of drug-likeness (QED) is 0.765. The summed E-state index contributed by atoms with van der Waals surface area (Å²) in [4.78, 5) is 23.8. The first-order valence-electron chi connectivity index (χ1n) is 6.79. The van der Waals surface area contributed by atoms with E-state index in [2.05, 4.69) is 9.97 Å². The van der Waals surface area contributed by atoms with Gasteiger partial charge in [0, 0.05) is 27.3 Å². The van der Waals surface area contributed by atoms with Gasteiger partial charge in [-0.2, -0.15) is 0 Å². The van der Waals surface area contributed by atoms with Crippen molar-refractivity contribution in [2.24, 2.45) is 0 Å². The summed E-state index contributed by atoms with van der Waals surface area (Å²) in [5.74, 6) is -0.458. The average molecular weight is 328 g/mol. The molecule has 0 bridgehead atoms. The Morgan fingerprint density at radius 1 is 1.32 bits per heavy atom. The van der Waals surface area contributed by atoms with E-state index in [-0.39, 0.29) is 11.5 Å². The van der Waals surface area contributed by atoms with E-state index in [1.54, 1.807) is 25.9 Å². The molecular weight excluding hydrogens is 308 g/mol. The SMILES string of the molecule is Cc1nc(N(C)C)ncc1C(=O)N(C)[C@@H]1CS(=O)(=O)C[C@H]1O. The monoisotopic (exact) mass is 328 g/mol. The topological polar surface area (TPSA) is 104 Å². The van der Waals surface area contributed by atoms with E-state index in [0.717, 1.165) is 0 Å². The third kappa shape index (κ3) is 3.20. The lowest BCUT2D eigenvalue weighted by Gasteiger charge is -2.26. The van der Waals surface area contributed by atoms with E-state index >= 15 is 0 Å². The second kappa shape index (κ2) is 5.81. The Morgan fingerprint density at radius 3 is 2.41 bits per heavy atom. The minimum Gasteiger partial charge on any atom is -0.390 e. The summed E-state index contributed by atoms with van der Waals surface area (Å²) >= 11 is 0. The maximum atomic E-state index is 12.5. The Labute approximate surface area is 129 Å². The fourth-order valence-electron chi connectivity index (χ4n) is 2.40. The summed E-state index contributed by atoms with van der Waals surface area (Å²) in [5, 5.41) is 9.87. The lowest BCUT2D eigenvalue weighted by Crippen LogP contribution is -2.44. The molecule has 1 fully saturated rings. The number of carbonyl (C=O) groups is 1. The highest BCUT2D eigenvalue weighted by atomic mass is 32.2. The lowest BCUT2D eigenvalue weighted by molar-refractivity contribution is 0.0579. The largest absolute Gasteiger partial charge is 0.390 e. The highest BCUT2D eigenvalue weighted by Gasteiger charge is 2.40. The van der Waals surface area contributed by atoms with Gasteiger partial charge in [0.2, 0.25) is 5.95 Å². The van der Waals surface area contributed by atoms with E-state index in [4.69, 9.17) is 0 Å². The van der Waals surface area contributed by atoms with Crippen molar-refractivity contribution in [3.63, 3.8) is 0 Å². The van der Waals surface area contributed by atoms with Crippen LogP contribution >= 0.6 is 0 Å². The van der Waals surface area contributed by atoms with Gasteiger partial charge in [-0.1, -0.05) is 0 Å². The molecule has 1 aromatic rings. The molecule has 2 atom stereocenters. The molecule has 0 radical (unpaired) electrons. The molecule has 1 aromatic heterocycles. The Balaban J connectivity index is 2.25.